The summed E-state index contributed by atoms with van der Waals surface area (Å²) in [5.41, 5.74) is 1.62. The molecule has 3 heterocycles. The molecule has 1 aromatic carbocycles. The van der Waals surface area contributed by atoms with Gasteiger partial charge in [0.25, 0.3) is 0 Å². The number of nitrogens with zero attached hydrogens (tertiary/aromatic N) is 4. The van der Waals surface area contributed by atoms with Gasteiger partial charge in [-0.25, -0.2) is 14.8 Å². The Hall–Kier alpha value is -3.72. The van der Waals surface area contributed by atoms with E-state index in [1.807, 2.05) is 30.3 Å². The van der Waals surface area contributed by atoms with Crippen molar-refractivity contribution in [2.75, 3.05) is 11.9 Å². The summed E-state index contributed by atoms with van der Waals surface area (Å²) >= 11 is 0. The second-order valence-electron chi connectivity index (χ2n) is 7.85. The molecule has 0 saturated heterocycles. The van der Waals surface area contributed by atoms with Gasteiger partial charge in [0.05, 0.1) is 11.2 Å². The zero-order valence-corrected chi connectivity index (χ0v) is 17.7. The molecule has 0 atom stereocenters. The number of nitrogens with one attached hydrogen (secondary N) is 2. The van der Waals surface area contributed by atoms with Crippen LogP contribution in [0.1, 0.15) is 43.6 Å². The van der Waals surface area contributed by atoms with Crippen molar-refractivity contribution in [3.05, 3.63) is 60.4 Å². The van der Waals surface area contributed by atoms with Gasteiger partial charge >= 0.3 is 6.03 Å². The number of carbonyl (C=O) groups excluding carboxylic acids is 1. The molecule has 0 radical (unpaired) electrons. The van der Waals surface area contributed by atoms with Crippen LogP contribution in [0.4, 0.5) is 10.6 Å². The highest BCUT2D eigenvalue weighted by Crippen LogP contribution is 2.40. The average molecular weight is 432 g/mol. The molecule has 3 aromatic heterocycles. The molecule has 2 N–H and O–H groups in total. The van der Waals surface area contributed by atoms with Crippen molar-refractivity contribution < 1.29 is 14.1 Å². The third-order valence-corrected chi connectivity index (χ3v) is 5.28. The molecule has 9 heteroatoms. The second kappa shape index (κ2) is 8.80. The van der Waals surface area contributed by atoms with E-state index in [1.54, 1.807) is 12.3 Å². The molecule has 0 bridgehead atoms. The maximum atomic E-state index is 12.7. The lowest BCUT2D eigenvalue weighted by molar-refractivity contribution is 0.254. The van der Waals surface area contributed by atoms with E-state index in [0.29, 0.717) is 29.9 Å². The topological polar surface area (TPSA) is 107 Å². The van der Waals surface area contributed by atoms with E-state index < -0.39 is 0 Å². The number of benzene rings is 1. The van der Waals surface area contributed by atoms with Crippen LogP contribution in [0.5, 0.6) is 11.6 Å². The normalized spacial score (nSPS) is 13.4. The van der Waals surface area contributed by atoms with Gasteiger partial charge in [0.15, 0.2) is 5.82 Å². The molecule has 1 saturated carbocycles. The third kappa shape index (κ3) is 4.47. The zero-order chi connectivity index (χ0) is 21.9. The Bertz CT molecular complexity index is 1240. The highest BCUT2D eigenvalue weighted by molar-refractivity contribution is 5.98. The highest BCUT2D eigenvalue weighted by atomic mass is 16.5. The van der Waals surface area contributed by atoms with Gasteiger partial charge < -0.3 is 14.6 Å². The summed E-state index contributed by atoms with van der Waals surface area (Å²) in [6, 6.07) is 10.7. The summed E-state index contributed by atoms with van der Waals surface area (Å²) in [5.74, 6) is 2.80. The van der Waals surface area contributed by atoms with Gasteiger partial charge in [-0.05, 0) is 50.1 Å². The first-order valence-corrected chi connectivity index (χ1v) is 10.8. The van der Waals surface area contributed by atoms with Crippen molar-refractivity contribution in [1.29, 1.82) is 0 Å². The second-order valence-corrected chi connectivity index (χ2v) is 7.85. The minimum atomic E-state index is -0.302. The molecule has 5 rings (SSSR count). The lowest BCUT2D eigenvalue weighted by Gasteiger charge is -2.08. The van der Waals surface area contributed by atoms with Crippen molar-refractivity contribution in [1.82, 2.24) is 25.0 Å². The van der Waals surface area contributed by atoms with Gasteiger partial charge in [0.2, 0.25) is 5.88 Å². The lowest BCUT2D eigenvalue weighted by Crippen LogP contribution is -2.18. The van der Waals surface area contributed by atoms with Crippen LogP contribution in [0, 0.1) is 0 Å². The molecule has 0 aliphatic heterocycles. The molecule has 1 amide bonds. The third-order valence-electron chi connectivity index (χ3n) is 5.28. The first-order chi connectivity index (χ1) is 15.7. The van der Waals surface area contributed by atoms with Gasteiger partial charge in [0, 0.05) is 36.2 Å². The van der Waals surface area contributed by atoms with Crippen LogP contribution in [0.2, 0.25) is 0 Å². The Morgan fingerprint density at radius 3 is 2.97 bits per heavy atom. The predicted molar refractivity (Wildman–Crippen MR) is 119 cm³/mol. The van der Waals surface area contributed by atoms with Crippen LogP contribution in [0.15, 0.2) is 53.4 Å². The van der Waals surface area contributed by atoms with E-state index >= 15 is 0 Å². The summed E-state index contributed by atoms with van der Waals surface area (Å²) in [5, 5.41) is 10.9. The van der Waals surface area contributed by atoms with Gasteiger partial charge in [-0.15, -0.1) is 0 Å². The van der Waals surface area contributed by atoms with E-state index in [4.69, 9.17) is 9.26 Å². The molecular weight excluding hydrogens is 408 g/mol. The van der Waals surface area contributed by atoms with E-state index in [1.165, 1.54) is 10.9 Å². The van der Waals surface area contributed by atoms with Crippen molar-refractivity contribution in [2.45, 2.75) is 38.6 Å². The fourth-order valence-electron chi connectivity index (χ4n) is 3.48. The van der Waals surface area contributed by atoms with Gasteiger partial charge in [-0.3, -0.25) is 9.88 Å². The van der Waals surface area contributed by atoms with Crippen molar-refractivity contribution in [3.63, 3.8) is 0 Å². The van der Waals surface area contributed by atoms with Gasteiger partial charge in [-0.2, -0.15) is 0 Å². The van der Waals surface area contributed by atoms with Crippen molar-refractivity contribution >= 4 is 22.8 Å². The number of ether oxygens (including phenoxy) is 1. The van der Waals surface area contributed by atoms with E-state index in [-0.39, 0.29) is 6.03 Å². The summed E-state index contributed by atoms with van der Waals surface area (Å²) in [4.78, 5) is 21.2. The summed E-state index contributed by atoms with van der Waals surface area (Å²) in [6.07, 6.45) is 6.50. The summed E-state index contributed by atoms with van der Waals surface area (Å²) in [6.45, 7) is 3.71. The smallest absolute Gasteiger partial charge is 0.331 e. The highest BCUT2D eigenvalue weighted by Gasteiger charge is 2.28. The quantitative estimate of drug-likeness (QED) is 0.390. The number of fused-ring (bicyclic) bond motifs is 1. The summed E-state index contributed by atoms with van der Waals surface area (Å²) in [7, 11) is 0. The molecule has 32 heavy (non-hydrogen) atoms. The lowest BCUT2D eigenvalue weighted by atomic mass is 10.2. The van der Waals surface area contributed by atoms with Crippen LogP contribution >= 0.6 is 0 Å². The molecule has 1 aliphatic carbocycles. The number of anilines is 1. The maximum absolute atomic E-state index is 12.7. The number of carbonyl (C=O) groups is 1. The fraction of sp³-hybridized carbons (Fsp3) is 0.304. The molecule has 9 nitrogen and oxygen atoms in total. The maximum Gasteiger partial charge on any atom is 0.331 e. The number of amides is 1. The Labute approximate surface area is 184 Å². The Balaban J connectivity index is 1.28. The molecule has 164 valence electrons. The minimum absolute atomic E-state index is 0.302. The van der Waals surface area contributed by atoms with Crippen molar-refractivity contribution in [2.24, 2.45) is 0 Å². The van der Waals surface area contributed by atoms with Crippen LogP contribution in [-0.4, -0.2) is 32.3 Å². The monoisotopic (exact) mass is 432 g/mol. The standard InChI is InChI=1S/C23H24N6O3/c1-2-8-24-13-17-11-22(26-14-25-17)31-18-5-6-19-16(10-18)7-9-29(19)23(30)27-21-12-20(32-28-21)15-3-4-15/h5-7,9-12,14-15,24H,2-4,8,13H2,1H3,(H,27,28,30). The van der Waals surface area contributed by atoms with Crippen LogP contribution in [0.3, 0.4) is 0 Å². The number of rotatable bonds is 8. The molecule has 1 aliphatic rings. The van der Waals surface area contributed by atoms with Gasteiger partial charge in [0.1, 0.15) is 17.8 Å². The molecular formula is C23H24N6O3. The Morgan fingerprint density at radius 1 is 1.22 bits per heavy atom. The largest absolute Gasteiger partial charge is 0.439 e. The number of aromatic nitrogens is 4. The molecule has 1 fully saturated rings. The molecule has 4 aromatic rings. The summed E-state index contributed by atoms with van der Waals surface area (Å²) < 4.78 is 12.8. The molecule has 0 unspecified atom stereocenters. The average Bonchev–Trinajstić information content (AvgIpc) is 3.39. The molecule has 0 spiro atoms. The number of hydrogen-bond donors (Lipinski definition) is 2. The number of hydrogen-bond acceptors (Lipinski definition) is 7. The SMILES string of the molecule is CCCNCc1cc(Oc2ccc3c(ccn3C(=O)Nc3cc(C4CC4)on3)c2)ncn1. The van der Waals surface area contributed by atoms with Crippen LogP contribution in [0.25, 0.3) is 10.9 Å². The first kappa shape index (κ1) is 20.2. The first-order valence-electron chi connectivity index (χ1n) is 10.8. The van der Waals surface area contributed by atoms with Crippen LogP contribution < -0.4 is 15.4 Å². The Morgan fingerprint density at radius 2 is 2.12 bits per heavy atom. The zero-order valence-electron chi connectivity index (χ0n) is 17.7. The van der Waals surface area contributed by atoms with E-state index in [9.17, 15) is 4.79 Å². The van der Waals surface area contributed by atoms with Gasteiger partial charge in [-0.1, -0.05) is 12.1 Å². The fourth-order valence-corrected chi connectivity index (χ4v) is 3.48. The van der Waals surface area contributed by atoms with E-state index in [0.717, 1.165) is 48.2 Å². The predicted octanol–water partition coefficient (Wildman–Crippen LogP) is 4.67. The minimum Gasteiger partial charge on any atom is -0.439 e. The van der Waals surface area contributed by atoms with Crippen LogP contribution in [-0.2, 0) is 6.54 Å². The van der Waals surface area contributed by atoms with Crippen molar-refractivity contribution in [3.8, 4) is 11.6 Å². The van der Waals surface area contributed by atoms with E-state index in [2.05, 4.69) is 32.7 Å². The Kier molecular flexibility index (Phi) is 5.55.